The molecule has 5 heteroatoms. The molecule has 19 heavy (non-hydrogen) atoms. The van der Waals surface area contributed by atoms with Crippen LogP contribution in [0.1, 0.15) is 25.0 Å². The van der Waals surface area contributed by atoms with E-state index in [-0.39, 0.29) is 6.42 Å². The van der Waals surface area contributed by atoms with Gasteiger partial charge < -0.3 is 10.4 Å². The summed E-state index contributed by atoms with van der Waals surface area (Å²) in [6, 6.07) is 7.74. The van der Waals surface area contributed by atoms with Crippen molar-refractivity contribution in [3.63, 3.8) is 0 Å². The molecule has 5 nitrogen and oxygen atoms in total. The Morgan fingerprint density at radius 1 is 1.21 bits per heavy atom. The zero-order chi connectivity index (χ0) is 13.7. The van der Waals surface area contributed by atoms with Crippen LogP contribution in [0.25, 0.3) is 11.0 Å². The maximum atomic E-state index is 10.4. The van der Waals surface area contributed by atoms with Crippen LogP contribution in [-0.4, -0.2) is 27.6 Å². The number of aliphatic carboxylic acids is 1. The van der Waals surface area contributed by atoms with E-state index < -0.39 is 5.97 Å². The summed E-state index contributed by atoms with van der Waals surface area (Å²) in [5.41, 5.74) is 2.61. The Balaban J connectivity index is 1.96. The molecule has 0 radical (unpaired) electrons. The van der Waals surface area contributed by atoms with E-state index in [9.17, 15) is 4.79 Å². The lowest BCUT2D eigenvalue weighted by molar-refractivity contribution is -0.137. The summed E-state index contributed by atoms with van der Waals surface area (Å²) >= 11 is 0. The van der Waals surface area contributed by atoms with E-state index in [1.807, 2.05) is 31.2 Å². The quantitative estimate of drug-likeness (QED) is 0.780. The van der Waals surface area contributed by atoms with Crippen LogP contribution in [-0.2, 0) is 4.79 Å². The third-order valence-corrected chi connectivity index (χ3v) is 2.85. The number of aromatic nitrogens is 2. The first-order valence-corrected chi connectivity index (χ1v) is 6.36. The first kappa shape index (κ1) is 13.3. The van der Waals surface area contributed by atoms with Crippen molar-refractivity contribution >= 4 is 22.8 Å². The number of rotatable bonds is 6. The summed E-state index contributed by atoms with van der Waals surface area (Å²) in [5, 5.41) is 11.8. The number of carboxylic acids is 1. The van der Waals surface area contributed by atoms with Crippen LogP contribution in [0, 0.1) is 6.92 Å². The lowest BCUT2D eigenvalue weighted by Gasteiger charge is -2.08. The van der Waals surface area contributed by atoms with E-state index in [2.05, 4.69) is 15.3 Å². The lowest BCUT2D eigenvalue weighted by Crippen LogP contribution is -2.07. The molecule has 1 heterocycles. The van der Waals surface area contributed by atoms with Crippen molar-refractivity contribution in [3.05, 3.63) is 30.0 Å². The predicted octanol–water partition coefficient (Wildman–Crippen LogP) is 2.61. The van der Waals surface area contributed by atoms with Gasteiger partial charge in [-0.1, -0.05) is 12.1 Å². The Morgan fingerprint density at radius 2 is 1.89 bits per heavy atom. The van der Waals surface area contributed by atoms with Crippen molar-refractivity contribution in [1.82, 2.24) is 9.97 Å². The maximum Gasteiger partial charge on any atom is 0.303 e. The van der Waals surface area contributed by atoms with Crippen LogP contribution < -0.4 is 5.32 Å². The number of carboxylic acid groups (broad SMARTS) is 1. The van der Waals surface area contributed by atoms with Gasteiger partial charge in [-0.3, -0.25) is 4.79 Å². The van der Waals surface area contributed by atoms with E-state index in [1.54, 1.807) is 0 Å². The minimum absolute atomic E-state index is 0.212. The summed E-state index contributed by atoms with van der Waals surface area (Å²) in [4.78, 5) is 19.4. The lowest BCUT2D eigenvalue weighted by atomic mass is 10.2. The average molecular weight is 259 g/mol. The third-order valence-electron chi connectivity index (χ3n) is 2.85. The Labute approximate surface area is 111 Å². The minimum Gasteiger partial charge on any atom is -0.481 e. The molecule has 0 atom stereocenters. The monoisotopic (exact) mass is 259 g/mol. The molecule has 0 aliphatic rings. The van der Waals surface area contributed by atoms with Gasteiger partial charge in [0.2, 0.25) is 0 Å². The van der Waals surface area contributed by atoms with Crippen molar-refractivity contribution in [1.29, 1.82) is 0 Å². The highest BCUT2D eigenvalue weighted by Crippen LogP contribution is 2.15. The van der Waals surface area contributed by atoms with Crippen LogP contribution in [0.3, 0.4) is 0 Å². The Hall–Kier alpha value is -2.17. The molecule has 0 aliphatic carbocycles. The number of para-hydroxylation sites is 2. The molecule has 1 aromatic heterocycles. The fourth-order valence-corrected chi connectivity index (χ4v) is 1.86. The van der Waals surface area contributed by atoms with Crippen LogP contribution in [0.5, 0.6) is 0 Å². The van der Waals surface area contributed by atoms with Gasteiger partial charge in [0.05, 0.1) is 16.7 Å². The van der Waals surface area contributed by atoms with Crippen molar-refractivity contribution in [2.24, 2.45) is 0 Å². The molecule has 100 valence electrons. The standard InChI is InChI=1S/C14H17N3O2/c1-10-14(15-9-5-4-8-13(18)19)17-12-7-3-2-6-11(12)16-10/h2-3,6-7H,4-5,8-9H2,1H3,(H,15,17)(H,18,19). The number of unbranched alkanes of at least 4 members (excludes halogenated alkanes) is 1. The molecule has 0 aliphatic heterocycles. The molecule has 0 amide bonds. The first-order chi connectivity index (χ1) is 9.16. The number of hydrogen-bond donors (Lipinski definition) is 2. The minimum atomic E-state index is -0.748. The van der Waals surface area contributed by atoms with Gasteiger partial charge in [-0.15, -0.1) is 0 Å². The number of fused-ring (bicyclic) bond motifs is 1. The van der Waals surface area contributed by atoms with Crippen LogP contribution in [0.2, 0.25) is 0 Å². The fourth-order valence-electron chi connectivity index (χ4n) is 1.86. The SMILES string of the molecule is Cc1nc2ccccc2nc1NCCCCC(=O)O. The third kappa shape index (κ3) is 3.64. The summed E-state index contributed by atoms with van der Waals surface area (Å²) < 4.78 is 0. The number of anilines is 1. The fraction of sp³-hybridized carbons (Fsp3) is 0.357. The van der Waals surface area contributed by atoms with Crippen molar-refractivity contribution in [3.8, 4) is 0 Å². The molecule has 1 aromatic carbocycles. The molecule has 2 aromatic rings. The van der Waals surface area contributed by atoms with Gasteiger partial charge in [0.1, 0.15) is 5.82 Å². The second-order valence-electron chi connectivity index (χ2n) is 4.42. The smallest absolute Gasteiger partial charge is 0.303 e. The van der Waals surface area contributed by atoms with Gasteiger partial charge >= 0.3 is 5.97 Å². The Bertz CT molecular complexity index is 584. The van der Waals surface area contributed by atoms with E-state index in [0.29, 0.717) is 13.0 Å². The zero-order valence-electron chi connectivity index (χ0n) is 10.9. The highest BCUT2D eigenvalue weighted by Gasteiger charge is 2.04. The van der Waals surface area contributed by atoms with Gasteiger partial charge in [0.25, 0.3) is 0 Å². The summed E-state index contributed by atoms with van der Waals surface area (Å²) in [5.74, 6) is 0.0238. The van der Waals surface area contributed by atoms with Crippen molar-refractivity contribution in [2.45, 2.75) is 26.2 Å². The molecule has 2 N–H and O–H groups in total. The highest BCUT2D eigenvalue weighted by molar-refractivity contribution is 5.76. The normalized spacial score (nSPS) is 10.6. The van der Waals surface area contributed by atoms with Crippen LogP contribution in [0.4, 0.5) is 5.82 Å². The molecule has 0 spiro atoms. The molecular formula is C14H17N3O2. The Morgan fingerprint density at radius 3 is 2.58 bits per heavy atom. The van der Waals surface area contributed by atoms with Gasteiger partial charge in [-0.2, -0.15) is 0 Å². The second kappa shape index (κ2) is 6.13. The number of hydrogen-bond acceptors (Lipinski definition) is 4. The molecule has 0 saturated carbocycles. The molecule has 0 bridgehead atoms. The average Bonchev–Trinajstić information content (AvgIpc) is 2.38. The Kier molecular flexibility index (Phi) is 4.28. The van der Waals surface area contributed by atoms with Gasteiger partial charge in [0, 0.05) is 13.0 Å². The zero-order valence-corrected chi connectivity index (χ0v) is 10.9. The first-order valence-electron chi connectivity index (χ1n) is 6.36. The van der Waals surface area contributed by atoms with Crippen molar-refractivity contribution in [2.75, 3.05) is 11.9 Å². The number of nitrogens with one attached hydrogen (secondary N) is 1. The summed E-state index contributed by atoms with van der Waals surface area (Å²) in [7, 11) is 0. The van der Waals surface area contributed by atoms with E-state index >= 15 is 0 Å². The molecule has 2 rings (SSSR count). The maximum absolute atomic E-state index is 10.4. The van der Waals surface area contributed by atoms with Gasteiger partial charge in [-0.05, 0) is 31.9 Å². The predicted molar refractivity (Wildman–Crippen MR) is 74.3 cm³/mol. The highest BCUT2D eigenvalue weighted by atomic mass is 16.4. The number of nitrogens with zero attached hydrogens (tertiary/aromatic N) is 2. The van der Waals surface area contributed by atoms with Gasteiger partial charge in [0.15, 0.2) is 0 Å². The van der Waals surface area contributed by atoms with E-state index in [0.717, 1.165) is 29.0 Å². The number of benzene rings is 1. The van der Waals surface area contributed by atoms with Gasteiger partial charge in [-0.25, -0.2) is 9.97 Å². The molecule has 0 saturated heterocycles. The van der Waals surface area contributed by atoms with E-state index in [4.69, 9.17) is 5.11 Å². The van der Waals surface area contributed by atoms with Crippen LogP contribution in [0.15, 0.2) is 24.3 Å². The summed E-state index contributed by atoms with van der Waals surface area (Å²) in [6.45, 7) is 2.63. The molecule has 0 unspecified atom stereocenters. The van der Waals surface area contributed by atoms with E-state index in [1.165, 1.54) is 0 Å². The molecular weight excluding hydrogens is 242 g/mol. The second-order valence-corrected chi connectivity index (χ2v) is 4.42. The number of aryl methyl sites for hydroxylation is 1. The number of carbonyl (C=O) groups is 1. The van der Waals surface area contributed by atoms with Crippen molar-refractivity contribution < 1.29 is 9.90 Å². The largest absolute Gasteiger partial charge is 0.481 e. The molecule has 0 fully saturated rings. The topological polar surface area (TPSA) is 75.1 Å². The van der Waals surface area contributed by atoms with Crippen LogP contribution >= 0.6 is 0 Å². The summed E-state index contributed by atoms with van der Waals surface area (Å²) in [6.07, 6.45) is 1.69.